The number of hydrogen-bond acceptors (Lipinski definition) is 2. The molecule has 1 aromatic rings. The maximum Gasteiger partial charge on any atom is 0.325 e. The first-order valence-electron chi connectivity index (χ1n) is 4.51. The summed E-state index contributed by atoms with van der Waals surface area (Å²) in [5.74, 6) is -7.32. The molecule has 0 fully saturated rings. The molecule has 0 aromatic heterocycles. The van der Waals surface area contributed by atoms with E-state index in [1.165, 1.54) is 0 Å². The van der Waals surface area contributed by atoms with E-state index in [4.69, 9.17) is 5.11 Å². The molecule has 0 aliphatic rings. The zero-order valence-corrected chi connectivity index (χ0v) is 8.63. The molecule has 0 radical (unpaired) electrons. The molecule has 4 nitrogen and oxygen atoms in total. The van der Waals surface area contributed by atoms with Crippen LogP contribution in [0.5, 0.6) is 0 Å². The van der Waals surface area contributed by atoms with Gasteiger partial charge in [-0.2, -0.15) is 0 Å². The van der Waals surface area contributed by atoms with Crippen molar-refractivity contribution in [1.29, 1.82) is 0 Å². The van der Waals surface area contributed by atoms with Crippen LogP contribution in [0.2, 0.25) is 0 Å². The summed E-state index contributed by atoms with van der Waals surface area (Å²) in [4.78, 5) is 21.8. The molecule has 0 unspecified atom stereocenters. The quantitative estimate of drug-likeness (QED) is 0.791. The number of halogens is 3. The molecule has 0 heterocycles. The Morgan fingerprint density at radius 3 is 2.35 bits per heavy atom. The van der Waals surface area contributed by atoms with Crippen LogP contribution in [0.15, 0.2) is 12.1 Å². The first kappa shape index (κ1) is 13.0. The standard InChI is InChI=1S/C10H8F3NO3/c1-4(10(16)17)14-9(15)5-2-3-6(11)8(13)7(5)12/h2-4H,1H3,(H,14,15)(H,16,17)/t4-/m1/s1. The van der Waals surface area contributed by atoms with E-state index in [2.05, 4.69) is 0 Å². The van der Waals surface area contributed by atoms with Crippen molar-refractivity contribution in [1.82, 2.24) is 5.32 Å². The third kappa shape index (κ3) is 2.74. The maximum atomic E-state index is 13.1. The minimum Gasteiger partial charge on any atom is -0.480 e. The molecule has 1 amide bonds. The van der Waals surface area contributed by atoms with Gasteiger partial charge in [0.25, 0.3) is 5.91 Å². The van der Waals surface area contributed by atoms with E-state index in [0.717, 1.165) is 13.0 Å². The normalized spacial score (nSPS) is 12.0. The molecule has 1 atom stereocenters. The first-order chi connectivity index (χ1) is 7.84. The zero-order valence-electron chi connectivity index (χ0n) is 8.63. The van der Waals surface area contributed by atoms with Gasteiger partial charge in [0.2, 0.25) is 0 Å². The number of carboxylic acid groups (broad SMARTS) is 1. The van der Waals surface area contributed by atoms with E-state index >= 15 is 0 Å². The minimum atomic E-state index is -1.78. The van der Waals surface area contributed by atoms with Crippen molar-refractivity contribution in [2.24, 2.45) is 0 Å². The van der Waals surface area contributed by atoms with Gasteiger partial charge >= 0.3 is 5.97 Å². The van der Waals surface area contributed by atoms with Crippen LogP contribution < -0.4 is 5.32 Å². The summed E-state index contributed by atoms with van der Waals surface area (Å²) in [6.45, 7) is 1.15. The molecular weight excluding hydrogens is 239 g/mol. The van der Waals surface area contributed by atoms with E-state index in [1.54, 1.807) is 0 Å². The van der Waals surface area contributed by atoms with Crippen LogP contribution in [0.1, 0.15) is 17.3 Å². The number of amides is 1. The fourth-order valence-electron chi connectivity index (χ4n) is 1.04. The largest absolute Gasteiger partial charge is 0.480 e. The lowest BCUT2D eigenvalue weighted by atomic mass is 10.1. The summed E-state index contributed by atoms with van der Waals surface area (Å²) in [7, 11) is 0. The van der Waals surface area contributed by atoms with Crippen molar-refractivity contribution >= 4 is 11.9 Å². The second-order valence-corrected chi connectivity index (χ2v) is 3.26. The smallest absolute Gasteiger partial charge is 0.325 e. The lowest BCUT2D eigenvalue weighted by molar-refractivity contribution is -0.138. The van der Waals surface area contributed by atoms with Crippen LogP contribution >= 0.6 is 0 Å². The molecule has 7 heteroatoms. The lowest BCUT2D eigenvalue weighted by Gasteiger charge is -2.10. The zero-order chi connectivity index (χ0) is 13.2. The molecule has 0 saturated carbocycles. The average Bonchev–Trinajstić information content (AvgIpc) is 2.25. The topological polar surface area (TPSA) is 66.4 Å². The highest BCUT2D eigenvalue weighted by Gasteiger charge is 2.21. The monoisotopic (exact) mass is 247 g/mol. The number of rotatable bonds is 3. The number of hydrogen-bond donors (Lipinski definition) is 2. The molecule has 2 N–H and O–H groups in total. The summed E-state index contributed by atoms with van der Waals surface area (Å²) in [5, 5.41) is 10.4. The van der Waals surface area contributed by atoms with Crippen molar-refractivity contribution in [2.75, 3.05) is 0 Å². The predicted molar refractivity (Wildman–Crippen MR) is 50.9 cm³/mol. The van der Waals surface area contributed by atoms with Crippen molar-refractivity contribution < 1.29 is 27.9 Å². The summed E-state index contributed by atoms with van der Waals surface area (Å²) >= 11 is 0. The van der Waals surface area contributed by atoms with Gasteiger partial charge < -0.3 is 10.4 Å². The Kier molecular flexibility index (Phi) is 3.72. The second kappa shape index (κ2) is 4.86. The number of carbonyl (C=O) groups is 2. The van der Waals surface area contributed by atoms with Gasteiger partial charge in [-0.05, 0) is 19.1 Å². The minimum absolute atomic E-state index is 0.582. The second-order valence-electron chi connectivity index (χ2n) is 3.26. The highest BCUT2D eigenvalue weighted by atomic mass is 19.2. The van der Waals surface area contributed by atoms with E-state index in [1.807, 2.05) is 5.32 Å². The van der Waals surface area contributed by atoms with Crippen molar-refractivity contribution in [3.8, 4) is 0 Å². The van der Waals surface area contributed by atoms with Crippen LogP contribution in [0, 0.1) is 17.5 Å². The average molecular weight is 247 g/mol. The summed E-state index contributed by atoms with van der Waals surface area (Å²) in [5.41, 5.74) is -0.753. The van der Waals surface area contributed by atoms with Gasteiger partial charge in [-0.25, -0.2) is 13.2 Å². The molecule has 0 spiro atoms. The van der Waals surface area contributed by atoms with E-state index in [-0.39, 0.29) is 0 Å². The van der Waals surface area contributed by atoms with Crippen LogP contribution in [0.25, 0.3) is 0 Å². The van der Waals surface area contributed by atoms with Gasteiger partial charge in [0.15, 0.2) is 17.5 Å². The van der Waals surface area contributed by atoms with E-state index in [0.29, 0.717) is 6.07 Å². The van der Waals surface area contributed by atoms with Gasteiger partial charge in [0.1, 0.15) is 6.04 Å². The SMILES string of the molecule is C[C@@H](NC(=O)c1ccc(F)c(F)c1F)C(=O)O. The number of carboxylic acids is 1. The fraction of sp³-hybridized carbons (Fsp3) is 0.200. The van der Waals surface area contributed by atoms with Crippen molar-refractivity contribution in [3.05, 3.63) is 35.1 Å². The van der Waals surface area contributed by atoms with Gasteiger partial charge in [-0.15, -0.1) is 0 Å². The number of nitrogens with one attached hydrogen (secondary N) is 1. The van der Waals surface area contributed by atoms with E-state index < -0.39 is 40.9 Å². The van der Waals surface area contributed by atoms with Crippen LogP contribution in [-0.2, 0) is 4.79 Å². The molecule has 17 heavy (non-hydrogen) atoms. The number of aliphatic carboxylic acids is 1. The Balaban J connectivity index is 2.98. The van der Waals surface area contributed by atoms with Gasteiger partial charge in [0, 0.05) is 0 Å². The molecule has 0 aliphatic carbocycles. The molecule has 1 rings (SSSR count). The summed E-state index contributed by atoms with van der Waals surface area (Å²) in [6, 6.07) is 0.0474. The lowest BCUT2D eigenvalue weighted by Crippen LogP contribution is -2.38. The first-order valence-corrected chi connectivity index (χ1v) is 4.51. The molecule has 0 aliphatic heterocycles. The predicted octanol–water partition coefficient (Wildman–Crippen LogP) is 1.31. The summed E-state index contributed by atoms with van der Waals surface area (Å²) < 4.78 is 38.5. The van der Waals surface area contributed by atoms with Gasteiger partial charge in [-0.1, -0.05) is 0 Å². The van der Waals surface area contributed by atoms with Crippen molar-refractivity contribution in [3.63, 3.8) is 0 Å². The highest BCUT2D eigenvalue weighted by molar-refractivity contribution is 5.96. The maximum absolute atomic E-state index is 13.1. The molecule has 0 saturated heterocycles. The molecule has 1 aromatic carbocycles. The highest BCUT2D eigenvalue weighted by Crippen LogP contribution is 2.15. The Morgan fingerprint density at radius 1 is 1.24 bits per heavy atom. The third-order valence-corrected chi connectivity index (χ3v) is 2.00. The molecule has 92 valence electrons. The van der Waals surface area contributed by atoms with Crippen LogP contribution in [0.4, 0.5) is 13.2 Å². The number of benzene rings is 1. The van der Waals surface area contributed by atoms with Crippen molar-refractivity contribution in [2.45, 2.75) is 13.0 Å². The molecular formula is C10H8F3NO3. The fourth-order valence-corrected chi connectivity index (χ4v) is 1.04. The Bertz CT molecular complexity index is 476. The van der Waals surface area contributed by atoms with Crippen LogP contribution in [-0.4, -0.2) is 23.0 Å². The van der Waals surface area contributed by atoms with Gasteiger partial charge in [-0.3, -0.25) is 9.59 Å². The Morgan fingerprint density at radius 2 is 1.82 bits per heavy atom. The Hall–Kier alpha value is -2.05. The Labute approximate surface area is 94.1 Å². The van der Waals surface area contributed by atoms with Crippen LogP contribution in [0.3, 0.4) is 0 Å². The third-order valence-electron chi connectivity index (χ3n) is 2.00. The molecule has 0 bridgehead atoms. The number of carbonyl (C=O) groups excluding carboxylic acids is 1. The summed E-state index contributed by atoms with van der Waals surface area (Å²) in [6.07, 6.45) is 0. The van der Waals surface area contributed by atoms with Gasteiger partial charge in [0.05, 0.1) is 5.56 Å². The van der Waals surface area contributed by atoms with E-state index in [9.17, 15) is 22.8 Å².